The van der Waals surface area contributed by atoms with E-state index in [4.69, 9.17) is 19.6 Å². The van der Waals surface area contributed by atoms with E-state index in [9.17, 15) is 9.59 Å². The van der Waals surface area contributed by atoms with Crippen molar-refractivity contribution in [2.45, 2.75) is 71.0 Å². The summed E-state index contributed by atoms with van der Waals surface area (Å²) < 4.78 is 47.6. The molecule has 1 unspecified atom stereocenters. The summed E-state index contributed by atoms with van der Waals surface area (Å²) in [6, 6.07) is 7.49. The van der Waals surface area contributed by atoms with Gasteiger partial charge in [-0.2, -0.15) is 8.78 Å². The topological polar surface area (TPSA) is 110 Å². The predicted molar refractivity (Wildman–Crippen MR) is 165 cm³/mol. The summed E-state index contributed by atoms with van der Waals surface area (Å²) in [5.41, 5.74) is 0.404. The lowest BCUT2D eigenvalue weighted by Gasteiger charge is -2.29. The molecular formula is C32H39F2N3O5S. The molecule has 11 heteroatoms. The van der Waals surface area contributed by atoms with Gasteiger partial charge in [0.15, 0.2) is 5.71 Å². The Labute approximate surface area is 255 Å². The number of nitrogens with one attached hydrogen (secondary N) is 2. The van der Waals surface area contributed by atoms with Crippen LogP contribution in [0.2, 0.25) is 0 Å². The number of alkyl halides is 2. The Bertz CT molecular complexity index is 1400. The van der Waals surface area contributed by atoms with Crippen molar-refractivity contribution in [3.05, 3.63) is 58.1 Å². The molecule has 2 aliphatic heterocycles. The van der Waals surface area contributed by atoms with Crippen LogP contribution in [0.3, 0.4) is 0 Å². The van der Waals surface area contributed by atoms with Crippen molar-refractivity contribution in [2.75, 3.05) is 32.2 Å². The van der Waals surface area contributed by atoms with E-state index in [0.29, 0.717) is 34.4 Å². The molecule has 1 aromatic heterocycles. The number of benzene rings is 1. The Hall–Kier alpha value is -3.28. The highest BCUT2D eigenvalue weighted by molar-refractivity contribution is 7.19. The third-order valence-corrected chi connectivity index (χ3v) is 9.03. The number of carbonyl (C=O) groups excluding carboxylic acids is 2. The van der Waals surface area contributed by atoms with Gasteiger partial charge in [-0.1, -0.05) is 38.1 Å². The highest BCUT2D eigenvalue weighted by Gasteiger charge is 2.47. The molecule has 0 bridgehead atoms. The van der Waals surface area contributed by atoms with Gasteiger partial charge in [-0.15, -0.1) is 11.3 Å². The van der Waals surface area contributed by atoms with Crippen LogP contribution in [-0.4, -0.2) is 61.9 Å². The van der Waals surface area contributed by atoms with Crippen molar-refractivity contribution >= 4 is 39.3 Å². The van der Waals surface area contributed by atoms with E-state index < -0.39 is 35.7 Å². The zero-order valence-corrected chi connectivity index (χ0v) is 25.8. The second-order valence-corrected chi connectivity index (χ2v) is 11.7. The van der Waals surface area contributed by atoms with Crippen molar-refractivity contribution in [2.24, 2.45) is 10.9 Å². The fourth-order valence-corrected chi connectivity index (χ4v) is 6.58. The van der Waals surface area contributed by atoms with Crippen molar-refractivity contribution in [1.82, 2.24) is 0 Å². The average molecular weight is 616 g/mol. The number of para-hydroxylation sites is 1. The van der Waals surface area contributed by atoms with Crippen LogP contribution in [0, 0.1) is 18.3 Å². The van der Waals surface area contributed by atoms with E-state index in [-0.39, 0.29) is 30.6 Å². The molecule has 0 aliphatic carbocycles. The summed E-state index contributed by atoms with van der Waals surface area (Å²) in [6.45, 7) is 6.66. The monoisotopic (exact) mass is 615 g/mol. The second-order valence-electron chi connectivity index (χ2n) is 10.6. The molecule has 4 rings (SSSR count). The molecule has 8 nitrogen and oxygen atoms in total. The highest BCUT2D eigenvalue weighted by Crippen LogP contribution is 2.39. The van der Waals surface area contributed by atoms with Crippen LogP contribution in [-0.2, 0) is 14.3 Å². The minimum Gasteiger partial charge on any atom is -0.496 e. The highest BCUT2D eigenvalue weighted by atomic mass is 32.1. The fourth-order valence-electron chi connectivity index (χ4n) is 5.31. The lowest BCUT2D eigenvalue weighted by Crippen LogP contribution is -2.42. The van der Waals surface area contributed by atoms with Crippen LogP contribution >= 0.6 is 11.3 Å². The number of aliphatic imine (C=N–C) groups is 1. The number of ketones is 2. The molecule has 2 aliphatic rings. The number of nitrogens with zero attached hydrogens (tertiary/aromatic N) is 1. The van der Waals surface area contributed by atoms with Crippen molar-refractivity contribution in [1.29, 1.82) is 5.41 Å². The normalized spacial score (nSPS) is 17.9. The molecule has 0 amide bonds. The number of thiophene rings is 1. The van der Waals surface area contributed by atoms with Gasteiger partial charge in [0.25, 0.3) is 0 Å². The van der Waals surface area contributed by atoms with Gasteiger partial charge in [-0.25, -0.2) is 0 Å². The van der Waals surface area contributed by atoms with E-state index in [1.54, 1.807) is 27.2 Å². The Morgan fingerprint density at radius 2 is 1.95 bits per heavy atom. The molecule has 1 aromatic carbocycles. The van der Waals surface area contributed by atoms with Crippen molar-refractivity contribution < 1.29 is 32.6 Å². The van der Waals surface area contributed by atoms with Gasteiger partial charge in [-0.05, 0) is 44.2 Å². The summed E-state index contributed by atoms with van der Waals surface area (Å²) in [6.07, 6.45) is 5.08. The van der Waals surface area contributed by atoms with Gasteiger partial charge in [-0.3, -0.25) is 20.0 Å². The molecule has 0 saturated carbocycles. The summed E-state index contributed by atoms with van der Waals surface area (Å²) in [5, 5.41) is 11.8. The molecule has 232 valence electrons. The molecule has 0 spiro atoms. The number of methoxy groups -OCH3 is 1. The SMILES string of the molecule is CCCC(=O)C(F)(F)C(=N)C(=O)c1c(NC[C@@H](OC2CCOCC2)c2ccccc2OC)sc(C2=NC=CC2CC)c1C. The second kappa shape index (κ2) is 14.5. The van der Waals surface area contributed by atoms with Gasteiger partial charge in [0.2, 0.25) is 11.6 Å². The Morgan fingerprint density at radius 3 is 2.63 bits per heavy atom. The van der Waals surface area contributed by atoms with E-state index in [0.717, 1.165) is 30.5 Å². The minimum atomic E-state index is -4.19. The van der Waals surface area contributed by atoms with Gasteiger partial charge < -0.3 is 19.5 Å². The number of allylic oxidation sites excluding steroid dienone is 1. The van der Waals surface area contributed by atoms with E-state index >= 15 is 8.78 Å². The quantitative estimate of drug-likeness (QED) is 0.166. The number of carbonyl (C=O) groups is 2. The third kappa shape index (κ3) is 7.11. The number of Topliss-reactive ketones (excluding diaryl/α,β-unsaturated/α-hetero) is 2. The molecule has 2 atom stereocenters. The first-order valence-electron chi connectivity index (χ1n) is 14.7. The summed E-state index contributed by atoms with van der Waals surface area (Å²) in [7, 11) is 1.58. The van der Waals surface area contributed by atoms with Crippen LogP contribution in [0.1, 0.15) is 78.4 Å². The lowest BCUT2D eigenvalue weighted by atomic mass is 9.93. The summed E-state index contributed by atoms with van der Waals surface area (Å²) in [5.74, 6) is -6.17. The molecule has 1 saturated heterocycles. The molecule has 3 heterocycles. The summed E-state index contributed by atoms with van der Waals surface area (Å²) in [4.78, 5) is 31.0. The summed E-state index contributed by atoms with van der Waals surface area (Å²) >= 11 is 1.23. The predicted octanol–water partition coefficient (Wildman–Crippen LogP) is 6.96. The smallest absolute Gasteiger partial charge is 0.350 e. The molecular weight excluding hydrogens is 576 g/mol. The van der Waals surface area contributed by atoms with E-state index in [1.807, 2.05) is 37.3 Å². The maximum atomic E-state index is 15.0. The first-order valence-corrected chi connectivity index (χ1v) is 15.5. The van der Waals surface area contributed by atoms with Gasteiger partial charge in [0.05, 0.1) is 29.4 Å². The first-order chi connectivity index (χ1) is 20.6. The minimum absolute atomic E-state index is 0.0124. The maximum Gasteiger partial charge on any atom is 0.350 e. The molecule has 0 radical (unpaired) electrons. The van der Waals surface area contributed by atoms with Gasteiger partial charge in [0, 0.05) is 43.9 Å². The zero-order valence-electron chi connectivity index (χ0n) is 25.0. The van der Waals surface area contributed by atoms with Crippen LogP contribution in [0.5, 0.6) is 5.75 Å². The number of hydrogen-bond donors (Lipinski definition) is 2. The molecule has 2 aromatic rings. The molecule has 1 fully saturated rings. The number of hydrogen-bond acceptors (Lipinski definition) is 9. The van der Waals surface area contributed by atoms with E-state index in [1.165, 1.54) is 11.3 Å². The van der Waals surface area contributed by atoms with Crippen LogP contribution in [0.25, 0.3) is 0 Å². The fraction of sp³-hybridized carbons (Fsp3) is 0.500. The molecule has 2 N–H and O–H groups in total. The van der Waals surface area contributed by atoms with Gasteiger partial charge in [0.1, 0.15) is 16.9 Å². The van der Waals surface area contributed by atoms with Crippen LogP contribution in [0.15, 0.2) is 41.5 Å². The van der Waals surface area contributed by atoms with Crippen molar-refractivity contribution in [3.63, 3.8) is 0 Å². The van der Waals surface area contributed by atoms with Gasteiger partial charge >= 0.3 is 5.92 Å². The van der Waals surface area contributed by atoms with E-state index in [2.05, 4.69) is 10.3 Å². The standard InChI is InChI=1S/C32H39F2N3O5S/c1-5-9-25(38)32(33,34)30(35)28(39)26-19(3)29(27-20(6-2)12-15-36-27)43-31(26)37-18-24(42-21-13-16-41-17-14-21)22-10-7-8-11-23(22)40-4/h7-8,10-12,15,20-21,24,35,37H,5-6,9,13-14,16-18H2,1-4H3/t20?,24-/m1/s1. The van der Waals surface area contributed by atoms with Crippen LogP contribution < -0.4 is 10.1 Å². The average Bonchev–Trinajstić information content (AvgIpc) is 3.62. The number of ether oxygens (including phenoxy) is 3. The lowest BCUT2D eigenvalue weighted by molar-refractivity contribution is -0.134. The maximum absolute atomic E-state index is 15.0. The Kier molecular flexibility index (Phi) is 11.0. The largest absolute Gasteiger partial charge is 0.496 e. The molecule has 43 heavy (non-hydrogen) atoms. The van der Waals surface area contributed by atoms with Crippen LogP contribution in [0.4, 0.5) is 13.8 Å². The Morgan fingerprint density at radius 1 is 1.23 bits per heavy atom. The number of anilines is 1. The number of rotatable bonds is 15. The first kappa shape index (κ1) is 32.6. The zero-order chi connectivity index (χ0) is 31.1. The van der Waals surface area contributed by atoms with Crippen molar-refractivity contribution in [3.8, 4) is 5.75 Å². The third-order valence-electron chi connectivity index (χ3n) is 7.76. The number of halogens is 2. The Balaban J connectivity index is 1.72.